The summed E-state index contributed by atoms with van der Waals surface area (Å²) in [6.07, 6.45) is -1.84. The van der Waals surface area contributed by atoms with Crippen molar-refractivity contribution in [2.75, 3.05) is 0 Å². The van der Waals surface area contributed by atoms with Crippen LogP contribution in [0.5, 0.6) is 11.5 Å². The Bertz CT molecular complexity index is 941. The molecule has 0 aromatic heterocycles. The molecule has 0 aliphatic carbocycles. The third kappa shape index (κ3) is 4.85. The molecular weight excluding hydrogens is 390 g/mol. The molecule has 0 bridgehead atoms. The van der Waals surface area contributed by atoms with Gasteiger partial charge in [-0.15, -0.1) is 0 Å². The molecule has 1 aliphatic heterocycles. The molecule has 8 nitrogen and oxygen atoms in total. The van der Waals surface area contributed by atoms with E-state index in [0.717, 1.165) is 12.1 Å². The maximum atomic E-state index is 14.2. The Morgan fingerprint density at radius 2 is 1.79 bits per heavy atom. The van der Waals surface area contributed by atoms with E-state index in [4.69, 9.17) is 20.3 Å². The normalized spacial score (nSPS) is 16.9. The number of alkyl carbamates (subject to hydrolysis) is 1. The second-order valence-electron chi connectivity index (χ2n) is 6.37. The molecular formula is C19H16F2N2O6. The minimum atomic E-state index is -1.28. The minimum Gasteiger partial charge on any atom is -0.480 e. The fourth-order valence-electron chi connectivity index (χ4n) is 2.72. The maximum absolute atomic E-state index is 14.2. The van der Waals surface area contributed by atoms with E-state index < -0.39 is 47.5 Å². The van der Waals surface area contributed by atoms with E-state index in [1.807, 2.05) is 5.32 Å². The molecule has 1 saturated heterocycles. The Morgan fingerprint density at radius 3 is 2.31 bits per heavy atom. The van der Waals surface area contributed by atoms with Crippen molar-refractivity contribution in [3.8, 4) is 11.5 Å². The number of benzene rings is 2. The fraction of sp³-hybridized carbons (Fsp3) is 0.211. The number of nitrogens with two attached hydrogens (primary N) is 1. The van der Waals surface area contributed by atoms with Gasteiger partial charge in [-0.2, -0.15) is 0 Å². The highest BCUT2D eigenvalue weighted by molar-refractivity contribution is 6.00. The highest BCUT2D eigenvalue weighted by atomic mass is 19.1. The van der Waals surface area contributed by atoms with Gasteiger partial charge in [-0.1, -0.05) is 12.1 Å². The summed E-state index contributed by atoms with van der Waals surface area (Å²) in [6.45, 7) is 0. The van der Waals surface area contributed by atoms with Gasteiger partial charge in [0.05, 0.1) is 0 Å². The van der Waals surface area contributed by atoms with Crippen molar-refractivity contribution in [3.05, 3.63) is 59.2 Å². The molecule has 4 N–H and O–H groups in total. The van der Waals surface area contributed by atoms with Crippen LogP contribution in [0.4, 0.5) is 13.6 Å². The number of carbonyl (C=O) groups is 3. The van der Waals surface area contributed by atoms with Gasteiger partial charge < -0.3 is 20.3 Å². The van der Waals surface area contributed by atoms with E-state index in [9.17, 15) is 23.2 Å². The van der Waals surface area contributed by atoms with Crippen molar-refractivity contribution in [1.82, 2.24) is 5.32 Å². The van der Waals surface area contributed by atoms with Crippen molar-refractivity contribution in [2.24, 2.45) is 5.73 Å². The van der Waals surface area contributed by atoms with Crippen molar-refractivity contribution in [1.29, 1.82) is 0 Å². The lowest BCUT2D eigenvalue weighted by Crippen LogP contribution is -2.32. The van der Waals surface area contributed by atoms with Crippen molar-refractivity contribution < 1.29 is 37.7 Å². The molecule has 2 amide bonds. The molecule has 3 rings (SSSR count). The average molecular weight is 406 g/mol. The number of halogens is 2. The standard InChI is InChI=1S/C19H16F2N2O6/c20-12-5-10(7-14(22)18(25)26)6-13(21)16(12)28-11-3-1-9(2-4-11)8-15-17(24)23-19(27)29-15/h1-6,14-15H,7-8,22H2,(H,25,26)(H,23,24,27). The molecule has 0 spiro atoms. The maximum Gasteiger partial charge on any atom is 0.414 e. The number of carboxylic acids is 1. The third-order valence-electron chi connectivity index (χ3n) is 4.16. The van der Waals surface area contributed by atoms with E-state index in [-0.39, 0.29) is 24.2 Å². The van der Waals surface area contributed by atoms with Crippen LogP contribution in [0.2, 0.25) is 0 Å². The molecule has 1 aliphatic rings. The topological polar surface area (TPSA) is 128 Å². The highest BCUT2D eigenvalue weighted by Gasteiger charge is 2.32. The summed E-state index contributed by atoms with van der Waals surface area (Å²) in [5.41, 5.74) is 6.10. The van der Waals surface area contributed by atoms with E-state index >= 15 is 0 Å². The van der Waals surface area contributed by atoms with Gasteiger partial charge >= 0.3 is 12.1 Å². The lowest BCUT2D eigenvalue weighted by Gasteiger charge is -2.12. The van der Waals surface area contributed by atoms with Crippen molar-refractivity contribution in [3.63, 3.8) is 0 Å². The van der Waals surface area contributed by atoms with Crippen LogP contribution in [0.15, 0.2) is 36.4 Å². The van der Waals surface area contributed by atoms with Gasteiger partial charge in [0.2, 0.25) is 0 Å². The van der Waals surface area contributed by atoms with Gasteiger partial charge in [-0.3, -0.25) is 14.9 Å². The molecule has 152 valence electrons. The SMILES string of the molecule is NC(Cc1cc(F)c(Oc2ccc(CC3OC(=O)NC3=O)cc2)c(F)c1)C(=O)O. The van der Waals surface area contributed by atoms with Gasteiger partial charge in [0.1, 0.15) is 11.8 Å². The van der Waals surface area contributed by atoms with Gasteiger partial charge in [0, 0.05) is 6.42 Å². The first kappa shape index (κ1) is 20.2. The number of ether oxygens (including phenoxy) is 2. The summed E-state index contributed by atoms with van der Waals surface area (Å²) < 4.78 is 38.5. The zero-order valence-corrected chi connectivity index (χ0v) is 14.9. The van der Waals surface area contributed by atoms with Crippen LogP contribution in [0.3, 0.4) is 0 Å². The molecule has 0 saturated carbocycles. The molecule has 2 atom stereocenters. The summed E-state index contributed by atoms with van der Waals surface area (Å²) in [4.78, 5) is 33.3. The smallest absolute Gasteiger partial charge is 0.414 e. The van der Waals surface area contributed by atoms with Crippen molar-refractivity contribution in [2.45, 2.75) is 25.0 Å². The van der Waals surface area contributed by atoms with Gasteiger partial charge in [-0.25, -0.2) is 13.6 Å². The first-order chi connectivity index (χ1) is 13.7. The van der Waals surface area contributed by atoms with Crippen LogP contribution in [-0.4, -0.2) is 35.2 Å². The summed E-state index contributed by atoms with van der Waals surface area (Å²) >= 11 is 0. The van der Waals surface area contributed by atoms with E-state index in [1.165, 1.54) is 12.1 Å². The molecule has 10 heteroatoms. The predicted octanol–water partition coefficient (Wildman–Crippen LogP) is 1.89. The van der Waals surface area contributed by atoms with E-state index in [2.05, 4.69) is 0 Å². The first-order valence-corrected chi connectivity index (χ1v) is 8.47. The number of amides is 2. The number of carbonyl (C=O) groups excluding carboxylic acids is 2. The Kier molecular flexibility index (Phi) is 5.74. The molecule has 0 radical (unpaired) electrons. The number of cyclic esters (lactones) is 1. The lowest BCUT2D eigenvalue weighted by atomic mass is 10.1. The largest absolute Gasteiger partial charge is 0.480 e. The van der Waals surface area contributed by atoms with Gasteiger partial charge in [-0.05, 0) is 41.8 Å². The second-order valence-corrected chi connectivity index (χ2v) is 6.37. The van der Waals surface area contributed by atoms with Crippen LogP contribution < -0.4 is 15.8 Å². The van der Waals surface area contributed by atoms with Crippen LogP contribution in [0.25, 0.3) is 0 Å². The molecule has 2 aromatic rings. The molecule has 2 unspecified atom stereocenters. The molecule has 1 heterocycles. The number of rotatable bonds is 7. The minimum absolute atomic E-state index is 0.0852. The number of imide groups is 1. The number of nitrogens with one attached hydrogen (secondary N) is 1. The van der Waals surface area contributed by atoms with Crippen LogP contribution >= 0.6 is 0 Å². The Morgan fingerprint density at radius 1 is 1.17 bits per heavy atom. The van der Waals surface area contributed by atoms with Gasteiger partial charge in [0.15, 0.2) is 23.5 Å². The first-order valence-electron chi connectivity index (χ1n) is 8.47. The molecule has 1 fully saturated rings. The van der Waals surface area contributed by atoms with Crippen LogP contribution in [0, 0.1) is 11.6 Å². The molecule has 2 aromatic carbocycles. The monoisotopic (exact) mass is 406 g/mol. The summed E-state index contributed by atoms with van der Waals surface area (Å²) in [6, 6.07) is 6.64. The number of carboxylic acid groups (broad SMARTS) is 1. The van der Waals surface area contributed by atoms with Crippen LogP contribution in [-0.2, 0) is 27.2 Å². The Balaban J connectivity index is 1.69. The summed E-state index contributed by atoms with van der Waals surface area (Å²) in [5.74, 6) is -4.34. The lowest BCUT2D eigenvalue weighted by molar-refractivity contribution is -0.138. The quantitative estimate of drug-likeness (QED) is 0.641. The average Bonchev–Trinajstić information content (AvgIpc) is 2.96. The second kappa shape index (κ2) is 8.23. The number of hydrogen-bond donors (Lipinski definition) is 3. The summed E-state index contributed by atoms with van der Waals surface area (Å²) in [5, 5.41) is 10.8. The number of aliphatic carboxylic acids is 1. The Hall–Kier alpha value is -3.53. The Labute approximate surface area is 163 Å². The van der Waals surface area contributed by atoms with E-state index in [0.29, 0.717) is 5.56 Å². The zero-order chi connectivity index (χ0) is 21.1. The fourth-order valence-corrected chi connectivity index (χ4v) is 2.72. The zero-order valence-electron chi connectivity index (χ0n) is 14.9. The molecule has 29 heavy (non-hydrogen) atoms. The summed E-state index contributed by atoms with van der Waals surface area (Å²) in [7, 11) is 0. The number of hydrogen-bond acceptors (Lipinski definition) is 6. The van der Waals surface area contributed by atoms with Crippen molar-refractivity contribution >= 4 is 18.0 Å². The van der Waals surface area contributed by atoms with Gasteiger partial charge in [0.25, 0.3) is 5.91 Å². The highest BCUT2D eigenvalue weighted by Crippen LogP contribution is 2.29. The van der Waals surface area contributed by atoms with Crippen LogP contribution in [0.1, 0.15) is 11.1 Å². The predicted molar refractivity (Wildman–Crippen MR) is 94.3 cm³/mol. The third-order valence-corrected chi connectivity index (χ3v) is 4.16. The van der Waals surface area contributed by atoms with E-state index in [1.54, 1.807) is 12.1 Å².